The fourth-order valence-electron chi connectivity index (χ4n) is 1.68. The highest BCUT2D eigenvalue weighted by atomic mass is 35.5. The molecule has 0 radical (unpaired) electrons. The molecule has 0 atom stereocenters. The maximum absolute atomic E-state index is 5.71. The summed E-state index contributed by atoms with van der Waals surface area (Å²) in [6.45, 7) is 2.04. The first-order valence-corrected chi connectivity index (χ1v) is 6.81. The zero-order chi connectivity index (χ0) is 12.3. The van der Waals surface area contributed by atoms with Crippen molar-refractivity contribution in [3.05, 3.63) is 34.2 Å². The molecular formula is C13H14ClNOS. The number of hydrogen-bond donors (Lipinski definition) is 0. The van der Waals surface area contributed by atoms with Gasteiger partial charge in [0.2, 0.25) is 0 Å². The van der Waals surface area contributed by atoms with Gasteiger partial charge in [-0.25, -0.2) is 4.98 Å². The molecule has 17 heavy (non-hydrogen) atoms. The minimum atomic E-state index is 0.620. The summed E-state index contributed by atoms with van der Waals surface area (Å²) in [6.07, 6.45) is 0.835. The summed E-state index contributed by atoms with van der Waals surface area (Å²) in [5, 5.41) is 3.16. The predicted octanol–water partition coefficient (Wildman–Crippen LogP) is 3.91. The number of hydrogen-bond acceptors (Lipinski definition) is 3. The van der Waals surface area contributed by atoms with Crippen LogP contribution in [0.2, 0.25) is 0 Å². The number of nitrogens with zero attached hydrogens (tertiary/aromatic N) is 1. The summed E-state index contributed by atoms with van der Waals surface area (Å²) in [5.41, 5.74) is 3.26. The molecule has 4 heteroatoms. The minimum Gasteiger partial charge on any atom is -0.496 e. The Morgan fingerprint density at radius 3 is 2.88 bits per heavy atom. The largest absolute Gasteiger partial charge is 0.496 e. The molecule has 1 heterocycles. The van der Waals surface area contributed by atoms with E-state index < -0.39 is 0 Å². The van der Waals surface area contributed by atoms with Gasteiger partial charge >= 0.3 is 0 Å². The van der Waals surface area contributed by atoms with Crippen LogP contribution in [0.15, 0.2) is 23.6 Å². The van der Waals surface area contributed by atoms with E-state index in [0.717, 1.165) is 34.0 Å². The highest BCUT2D eigenvalue weighted by Crippen LogP contribution is 2.27. The smallest absolute Gasteiger partial charge is 0.121 e. The Morgan fingerprint density at radius 2 is 2.24 bits per heavy atom. The van der Waals surface area contributed by atoms with Crippen LogP contribution >= 0.6 is 22.9 Å². The molecule has 90 valence electrons. The first kappa shape index (κ1) is 12.4. The summed E-state index contributed by atoms with van der Waals surface area (Å²) in [6, 6.07) is 6.11. The summed E-state index contributed by atoms with van der Waals surface area (Å²) >= 11 is 7.36. The number of ether oxygens (including phenoxy) is 1. The molecule has 2 rings (SSSR count). The second kappa shape index (κ2) is 5.52. The molecule has 0 bridgehead atoms. The molecule has 2 aromatic rings. The van der Waals surface area contributed by atoms with Crippen molar-refractivity contribution in [1.82, 2.24) is 4.98 Å². The van der Waals surface area contributed by atoms with E-state index in [9.17, 15) is 0 Å². The number of alkyl halides is 1. The molecule has 2 nitrogen and oxygen atoms in total. The number of thiazole rings is 1. The summed E-state index contributed by atoms with van der Waals surface area (Å²) < 4.78 is 5.24. The molecule has 0 aliphatic heterocycles. The molecule has 0 saturated heterocycles. The lowest BCUT2D eigenvalue weighted by Gasteiger charge is -2.05. The minimum absolute atomic E-state index is 0.620. The van der Waals surface area contributed by atoms with E-state index in [1.54, 1.807) is 18.4 Å². The van der Waals surface area contributed by atoms with E-state index in [4.69, 9.17) is 16.3 Å². The lowest BCUT2D eigenvalue weighted by molar-refractivity contribution is 0.412. The van der Waals surface area contributed by atoms with Gasteiger partial charge in [-0.3, -0.25) is 0 Å². The SMILES string of the molecule is COc1ccc(-c2csc(CCCl)n2)cc1C. The molecule has 1 aromatic heterocycles. The Hall–Kier alpha value is -1.06. The maximum atomic E-state index is 5.71. The molecule has 0 amide bonds. The molecule has 0 N–H and O–H groups in total. The number of halogens is 1. The van der Waals surface area contributed by atoms with Gasteiger partial charge in [-0.1, -0.05) is 0 Å². The van der Waals surface area contributed by atoms with Gasteiger partial charge in [0.15, 0.2) is 0 Å². The third-order valence-electron chi connectivity index (χ3n) is 2.55. The van der Waals surface area contributed by atoms with Crippen molar-refractivity contribution in [1.29, 1.82) is 0 Å². The number of aryl methyl sites for hydroxylation is 2. The number of rotatable bonds is 4. The van der Waals surface area contributed by atoms with E-state index >= 15 is 0 Å². The van der Waals surface area contributed by atoms with Gasteiger partial charge in [0.25, 0.3) is 0 Å². The van der Waals surface area contributed by atoms with E-state index in [-0.39, 0.29) is 0 Å². The normalized spacial score (nSPS) is 10.5. The standard InChI is InChI=1S/C13H14ClNOS/c1-9-7-10(3-4-12(9)16-2)11-8-17-13(15-11)5-6-14/h3-4,7-8H,5-6H2,1-2H3. The zero-order valence-corrected chi connectivity index (χ0v) is 11.4. The van der Waals surface area contributed by atoms with Gasteiger partial charge in [0, 0.05) is 23.2 Å². The molecule has 0 saturated carbocycles. The zero-order valence-electron chi connectivity index (χ0n) is 9.87. The first-order chi connectivity index (χ1) is 8.24. The van der Waals surface area contributed by atoms with Crippen molar-refractivity contribution in [3.8, 4) is 17.0 Å². The van der Waals surface area contributed by atoms with Crippen molar-refractivity contribution < 1.29 is 4.74 Å². The Balaban J connectivity index is 2.29. The molecule has 0 fully saturated rings. The predicted molar refractivity (Wildman–Crippen MR) is 73.3 cm³/mol. The van der Waals surface area contributed by atoms with E-state index in [1.165, 1.54) is 0 Å². The quantitative estimate of drug-likeness (QED) is 0.784. The lowest BCUT2D eigenvalue weighted by Crippen LogP contribution is -1.88. The van der Waals surface area contributed by atoms with Crippen LogP contribution in [0.5, 0.6) is 5.75 Å². The summed E-state index contributed by atoms with van der Waals surface area (Å²) in [4.78, 5) is 4.56. The Kier molecular flexibility index (Phi) is 4.02. The van der Waals surface area contributed by atoms with E-state index in [1.807, 2.05) is 19.1 Å². The van der Waals surface area contributed by atoms with Crippen LogP contribution in [0, 0.1) is 6.92 Å². The Bertz CT molecular complexity index is 510. The Labute approximate surface area is 110 Å². The van der Waals surface area contributed by atoms with Gasteiger partial charge in [-0.2, -0.15) is 0 Å². The van der Waals surface area contributed by atoms with Crippen molar-refractivity contribution in [2.75, 3.05) is 13.0 Å². The second-order valence-electron chi connectivity index (χ2n) is 3.75. The highest BCUT2D eigenvalue weighted by Gasteiger charge is 2.06. The summed E-state index contributed by atoms with van der Waals surface area (Å²) in [7, 11) is 1.68. The van der Waals surface area contributed by atoms with E-state index in [0.29, 0.717) is 5.88 Å². The van der Waals surface area contributed by atoms with Gasteiger partial charge in [-0.05, 0) is 30.7 Å². The van der Waals surface area contributed by atoms with Crippen molar-refractivity contribution >= 4 is 22.9 Å². The topological polar surface area (TPSA) is 22.1 Å². The fraction of sp³-hybridized carbons (Fsp3) is 0.308. The molecular weight excluding hydrogens is 254 g/mol. The van der Waals surface area contributed by atoms with Crippen LogP contribution in [0.3, 0.4) is 0 Å². The number of aromatic nitrogens is 1. The van der Waals surface area contributed by atoms with Crippen molar-refractivity contribution in [3.63, 3.8) is 0 Å². The lowest BCUT2D eigenvalue weighted by atomic mass is 10.1. The average Bonchev–Trinajstić information content (AvgIpc) is 2.78. The van der Waals surface area contributed by atoms with Crippen LogP contribution in [0.1, 0.15) is 10.6 Å². The van der Waals surface area contributed by atoms with Gasteiger partial charge in [0.1, 0.15) is 5.75 Å². The monoisotopic (exact) mass is 267 g/mol. The Morgan fingerprint density at radius 1 is 1.41 bits per heavy atom. The number of methoxy groups -OCH3 is 1. The first-order valence-electron chi connectivity index (χ1n) is 5.40. The van der Waals surface area contributed by atoms with Crippen LogP contribution in [0.4, 0.5) is 0 Å². The second-order valence-corrected chi connectivity index (χ2v) is 5.07. The molecule has 0 aliphatic carbocycles. The van der Waals surface area contributed by atoms with Gasteiger partial charge in [-0.15, -0.1) is 22.9 Å². The van der Waals surface area contributed by atoms with Crippen LogP contribution in [0.25, 0.3) is 11.3 Å². The molecule has 1 aromatic carbocycles. The molecule has 0 aliphatic rings. The third-order valence-corrected chi connectivity index (χ3v) is 3.65. The van der Waals surface area contributed by atoms with Crippen molar-refractivity contribution in [2.24, 2.45) is 0 Å². The van der Waals surface area contributed by atoms with Crippen LogP contribution in [-0.2, 0) is 6.42 Å². The third kappa shape index (κ3) is 2.79. The number of benzene rings is 1. The fourth-order valence-corrected chi connectivity index (χ4v) is 2.78. The summed E-state index contributed by atoms with van der Waals surface area (Å²) in [5.74, 6) is 1.53. The van der Waals surface area contributed by atoms with Gasteiger partial charge in [0.05, 0.1) is 17.8 Å². The average molecular weight is 268 g/mol. The van der Waals surface area contributed by atoms with E-state index in [2.05, 4.69) is 16.4 Å². The van der Waals surface area contributed by atoms with Crippen molar-refractivity contribution in [2.45, 2.75) is 13.3 Å². The van der Waals surface area contributed by atoms with Crippen LogP contribution in [-0.4, -0.2) is 18.0 Å². The maximum Gasteiger partial charge on any atom is 0.121 e. The molecule has 0 spiro atoms. The highest BCUT2D eigenvalue weighted by molar-refractivity contribution is 7.10. The molecule has 0 unspecified atom stereocenters. The van der Waals surface area contributed by atoms with Gasteiger partial charge < -0.3 is 4.74 Å². The van der Waals surface area contributed by atoms with Crippen LogP contribution < -0.4 is 4.74 Å².